The Bertz CT molecular complexity index is 797. The average molecular weight is 338 g/mol. The average Bonchev–Trinajstić information content (AvgIpc) is 3.44. The highest BCUT2D eigenvalue weighted by molar-refractivity contribution is 6.05. The fourth-order valence-electron chi connectivity index (χ4n) is 2.58. The lowest BCUT2D eigenvalue weighted by molar-refractivity contribution is -0.117. The first-order valence-corrected chi connectivity index (χ1v) is 8.53. The van der Waals surface area contributed by atoms with Crippen molar-refractivity contribution < 1.29 is 14.3 Å². The van der Waals surface area contributed by atoms with Crippen LogP contribution in [0.4, 0.5) is 11.4 Å². The fourth-order valence-corrected chi connectivity index (χ4v) is 2.58. The van der Waals surface area contributed by atoms with Crippen molar-refractivity contribution in [2.75, 3.05) is 17.2 Å². The maximum atomic E-state index is 12.5. The number of hydrogen-bond donors (Lipinski definition) is 2. The van der Waals surface area contributed by atoms with Crippen LogP contribution in [0.15, 0.2) is 42.5 Å². The second-order valence-corrected chi connectivity index (χ2v) is 6.16. The van der Waals surface area contributed by atoms with Crippen LogP contribution in [-0.2, 0) is 4.79 Å². The molecule has 130 valence electrons. The van der Waals surface area contributed by atoms with E-state index in [4.69, 9.17) is 4.74 Å². The van der Waals surface area contributed by atoms with Crippen LogP contribution >= 0.6 is 0 Å². The second-order valence-electron chi connectivity index (χ2n) is 6.16. The van der Waals surface area contributed by atoms with E-state index in [1.54, 1.807) is 18.2 Å². The first-order valence-electron chi connectivity index (χ1n) is 8.53. The van der Waals surface area contributed by atoms with E-state index >= 15 is 0 Å². The smallest absolute Gasteiger partial charge is 0.255 e. The van der Waals surface area contributed by atoms with Gasteiger partial charge in [0.1, 0.15) is 5.75 Å². The lowest BCUT2D eigenvalue weighted by Crippen LogP contribution is -2.16. The van der Waals surface area contributed by atoms with Gasteiger partial charge in [-0.05, 0) is 62.6 Å². The molecule has 0 aromatic heterocycles. The highest BCUT2D eigenvalue weighted by Gasteiger charge is 2.29. The summed E-state index contributed by atoms with van der Waals surface area (Å²) in [5, 5.41) is 5.85. The molecule has 3 rings (SSSR count). The number of carbonyl (C=O) groups excluding carboxylic acids is 2. The molecule has 0 bridgehead atoms. The standard InChI is InChI=1S/C20H22N2O3/c1-3-25-16-7-4-6-15(12-16)20(24)22-18-9-5-8-17(13(18)2)21-19(23)14-10-11-14/h4-9,12,14H,3,10-11H2,1-2H3,(H,21,23)(H,22,24). The zero-order chi connectivity index (χ0) is 17.8. The molecule has 25 heavy (non-hydrogen) atoms. The first-order chi connectivity index (χ1) is 12.1. The van der Waals surface area contributed by atoms with Crippen LogP contribution in [0.1, 0.15) is 35.7 Å². The lowest BCUT2D eigenvalue weighted by Gasteiger charge is -2.14. The molecule has 0 spiro atoms. The van der Waals surface area contributed by atoms with Crippen LogP contribution in [0.2, 0.25) is 0 Å². The molecule has 0 saturated heterocycles. The van der Waals surface area contributed by atoms with E-state index in [0.717, 1.165) is 24.1 Å². The van der Waals surface area contributed by atoms with E-state index in [1.165, 1.54) is 0 Å². The minimum absolute atomic E-state index is 0.0518. The van der Waals surface area contributed by atoms with Crippen molar-refractivity contribution in [1.29, 1.82) is 0 Å². The summed E-state index contributed by atoms with van der Waals surface area (Å²) in [5.41, 5.74) is 2.78. The zero-order valence-corrected chi connectivity index (χ0v) is 14.5. The molecular formula is C20H22N2O3. The van der Waals surface area contributed by atoms with Gasteiger partial charge in [-0.25, -0.2) is 0 Å². The van der Waals surface area contributed by atoms with Gasteiger partial charge in [-0.3, -0.25) is 9.59 Å². The fraction of sp³-hybridized carbons (Fsp3) is 0.300. The van der Waals surface area contributed by atoms with Gasteiger partial charge in [0.05, 0.1) is 6.61 Å². The van der Waals surface area contributed by atoms with Gasteiger partial charge < -0.3 is 15.4 Å². The first kappa shape index (κ1) is 17.0. The van der Waals surface area contributed by atoms with Crippen LogP contribution in [0, 0.1) is 12.8 Å². The second kappa shape index (κ2) is 7.38. The van der Waals surface area contributed by atoms with E-state index in [1.807, 2.05) is 38.1 Å². The number of carbonyl (C=O) groups is 2. The van der Waals surface area contributed by atoms with Crippen molar-refractivity contribution in [3.8, 4) is 5.75 Å². The van der Waals surface area contributed by atoms with Gasteiger partial charge in [-0.2, -0.15) is 0 Å². The van der Waals surface area contributed by atoms with E-state index in [9.17, 15) is 9.59 Å². The number of benzene rings is 2. The highest BCUT2D eigenvalue weighted by atomic mass is 16.5. The van der Waals surface area contributed by atoms with E-state index in [-0.39, 0.29) is 17.7 Å². The monoisotopic (exact) mass is 338 g/mol. The van der Waals surface area contributed by atoms with Crippen molar-refractivity contribution in [1.82, 2.24) is 0 Å². The van der Waals surface area contributed by atoms with Gasteiger partial charge >= 0.3 is 0 Å². The van der Waals surface area contributed by atoms with Crippen molar-refractivity contribution in [2.45, 2.75) is 26.7 Å². The predicted octanol–water partition coefficient (Wildman–Crippen LogP) is 3.99. The van der Waals surface area contributed by atoms with Crippen molar-refractivity contribution in [3.05, 3.63) is 53.6 Å². The topological polar surface area (TPSA) is 67.4 Å². The molecule has 2 amide bonds. The SMILES string of the molecule is CCOc1cccc(C(=O)Nc2cccc(NC(=O)C3CC3)c2C)c1. The minimum Gasteiger partial charge on any atom is -0.494 e. The number of amides is 2. The molecule has 0 aliphatic heterocycles. The molecule has 1 fully saturated rings. The Morgan fingerprint density at radius 1 is 1.08 bits per heavy atom. The Hall–Kier alpha value is -2.82. The predicted molar refractivity (Wildman–Crippen MR) is 98.1 cm³/mol. The van der Waals surface area contributed by atoms with Crippen molar-refractivity contribution in [2.24, 2.45) is 5.92 Å². The molecule has 1 saturated carbocycles. The number of nitrogens with one attached hydrogen (secondary N) is 2. The van der Waals surface area contributed by atoms with Crippen LogP contribution in [0.3, 0.4) is 0 Å². The molecule has 0 heterocycles. The van der Waals surface area contributed by atoms with Crippen LogP contribution in [-0.4, -0.2) is 18.4 Å². The summed E-state index contributed by atoms with van der Waals surface area (Å²) >= 11 is 0. The van der Waals surface area contributed by atoms with E-state index < -0.39 is 0 Å². The summed E-state index contributed by atoms with van der Waals surface area (Å²) in [4.78, 5) is 24.5. The number of anilines is 2. The summed E-state index contributed by atoms with van der Waals surface area (Å²) < 4.78 is 5.43. The van der Waals surface area contributed by atoms with Gasteiger partial charge in [-0.15, -0.1) is 0 Å². The molecule has 0 atom stereocenters. The summed E-state index contributed by atoms with van der Waals surface area (Å²) in [7, 11) is 0. The third kappa shape index (κ3) is 4.18. The number of ether oxygens (including phenoxy) is 1. The van der Waals surface area contributed by atoms with E-state index in [0.29, 0.717) is 23.6 Å². The summed E-state index contributed by atoms with van der Waals surface area (Å²) in [5.74, 6) is 0.641. The normalized spacial score (nSPS) is 13.2. The van der Waals surface area contributed by atoms with Gasteiger partial charge in [0.15, 0.2) is 0 Å². The summed E-state index contributed by atoms with van der Waals surface area (Å²) in [6.07, 6.45) is 1.91. The van der Waals surface area contributed by atoms with Crippen LogP contribution in [0.25, 0.3) is 0 Å². The zero-order valence-electron chi connectivity index (χ0n) is 14.5. The largest absolute Gasteiger partial charge is 0.494 e. The molecule has 2 N–H and O–H groups in total. The summed E-state index contributed by atoms with van der Waals surface area (Å²) in [6, 6.07) is 12.6. The van der Waals surface area contributed by atoms with Gasteiger partial charge in [0.25, 0.3) is 5.91 Å². The number of hydrogen-bond acceptors (Lipinski definition) is 3. The number of rotatable bonds is 6. The molecule has 2 aromatic carbocycles. The lowest BCUT2D eigenvalue weighted by atomic mass is 10.1. The maximum absolute atomic E-state index is 12.5. The molecule has 1 aliphatic carbocycles. The molecule has 0 radical (unpaired) electrons. The molecule has 1 aliphatic rings. The molecule has 2 aromatic rings. The Kier molecular flexibility index (Phi) is 5.03. The Balaban J connectivity index is 1.74. The molecule has 5 heteroatoms. The molecule has 5 nitrogen and oxygen atoms in total. The maximum Gasteiger partial charge on any atom is 0.255 e. The van der Waals surface area contributed by atoms with E-state index in [2.05, 4.69) is 10.6 Å². The van der Waals surface area contributed by atoms with Crippen molar-refractivity contribution >= 4 is 23.2 Å². The Morgan fingerprint density at radius 2 is 1.76 bits per heavy atom. The molecule has 0 unspecified atom stereocenters. The Labute approximate surface area is 147 Å². The minimum atomic E-state index is -0.213. The van der Waals surface area contributed by atoms with Crippen LogP contribution in [0.5, 0.6) is 5.75 Å². The van der Waals surface area contributed by atoms with Crippen LogP contribution < -0.4 is 15.4 Å². The van der Waals surface area contributed by atoms with Crippen molar-refractivity contribution in [3.63, 3.8) is 0 Å². The molecular weight excluding hydrogens is 316 g/mol. The third-order valence-electron chi connectivity index (χ3n) is 4.20. The van der Waals surface area contributed by atoms with Gasteiger partial charge in [-0.1, -0.05) is 12.1 Å². The highest BCUT2D eigenvalue weighted by Crippen LogP contribution is 2.31. The summed E-state index contributed by atoms with van der Waals surface area (Å²) in [6.45, 7) is 4.33. The third-order valence-corrected chi connectivity index (χ3v) is 4.20. The van der Waals surface area contributed by atoms with Gasteiger partial charge in [0.2, 0.25) is 5.91 Å². The van der Waals surface area contributed by atoms with Gasteiger partial charge in [0, 0.05) is 22.9 Å². The quantitative estimate of drug-likeness (QED) is 0.837. The Morgan fingerprint density at radius 3 is 2.44 bits per heavy atom.